The number of piperazine rings is 1. The number of amidine groups is 1. The highest BCUT2D eigenvalue weighted by Crippen LogP contribution is 2.29. The standard InChI is InChI=1S/C18H27N3O.C2H6/c1-3-7-17-15(4-2)20-18(21-12-10-19-11-13-21)14-8-5-6-9-16(14)22-17;1-2/h5-6,8-9,15,17,19H,3-4,7,10-13H2,1-2H3;1-2H3. The van der Waals surface area contributed by atoms with Gasteiger partial charge in [-0.15, -0.1) is 0 Å². The zero-order valence-electron chi connectivity index (χ0n) is 15.7. The number of benzene rings is 1. The van der Waals surface area contributed by atoms with E-state index in [0.29, 0.717) is 0 Å². The zero-order chi connectivity index (χ0) is 17.4. The molecule has 0 bridgehead atoms. The normalized spacial score (nSPS) is 23.2. The highest BCUT2D eigenvalue weighted by Gasteiger charge is 2.29. The molecule has 1 aromatic rings. The van der Waals surface area contributed by atoms with Crippen LogP contribution >= 0.6 is 0 Å². The summed E-state index contributed by atoms with van der Waals surface area (Å²) in [6.45, 7) is 12.5. The number of para-hydroxylation sites is 1. The third kappa shape index (κ3) is 4.29. The Labute approximate surface area is 147 Å². The molecule has 2 unspecified atom stereocenters. The number of fused-ring (bicyclic) bond motifs is 1. The number of nitrogens with zero attached hydrogens (tertiary/aromatic N) is 2. The number of nitrogens with one attached hydrogen (secondary N) is 1. The predicted molar refractivity (Wildman–Crippen MR) is 102 cm³/mol. The Balaban J connectivity index is 0.00000100. The van der Waals surface area contributed by atoms with Gasteiger partial charge in [-0.3, -0.25) is 4.99 Å². The molecule has 4 nitrogen and oxygen atoms in total. The van der Waals surface area contributed by atoms with Crippen LogP contribution < -0.4 is 10.1 Å². The molecule has 0 amide bonds. The van der Waals surface area contributed by atoms with Crippen molar-refractivity contribution in [1.82, 2.24) is 10.2 Å². The highest BCUT2D eigenvalue weighted by atomic mass is 16.5. The van der Waals surface area contributed by atoms with Gasteiger partial charge in [-0.05, 0) is 25.0 Å². The second-order valence-electron chi connectivity index (χ2n) is 6.11. The van der Waals surface area contributed by atoms with Gasteiger partial charge in [0.25, 0.3) is 0 Å². The summed E-state index contributed by atoms with van der Waals surface area (Å²) in [4.78, 5) is 7.56. The van der Waals surface area contributed by atoms with Crippen LogP contribution in [0.1, 0.15) is 52.5 Å². The highest BCUT2D eigenvalue weighted by molar-refractivity contribution is 6.01. The van der Waals surface area contributed by atoms with Crippen molar-refractivity contribution in [2.75, 3.05) is 26.2 Å². The molecule has 2 atom stereocenters. The van der Waals surface area contributed by atoms with Gasteiger partial charge in [-0.1, -0.05) is 46.2 Å². The molecule has 2 aliphatic heterocycles. The van der Waals surface area contributed by atoms with Crippen molar-refractivity contribution >= 4 is 5.84 Å². The first kappa shape index (κ1) is 18.8. The van der Waals surface area contributed by atoms with Crippen LogP contribution in [0.5, 0.6) is 5.75 Å². The van der Waals surface area contributed by atoms with E-state index in [1.807, 2.05) is 13.8 Å². The van der Waals surface area contributed by atoms with Crippen LogP contribution in [0.15, 0.2) is 29.3 Å². The minimum atomic E-state index is 0.191. The van der Waals surface area contributed by atoms with Crippen molar-refractivity contribution in [3.63, 3.8) is 0 Å². The lowest BCUT2D eigenvalue weighted by atomic mass is 10.0. The van der Waals surface area contributed by atoms with Crippen molar-refractivity contribution in [3.8, 4) is 5.75 Å². The number of hydrogen-bond donors (Lipinski definition) is 1. The maximum Gasteiger partial charge on any atom is 0.135 e. The fraction of sp³-hybridized carbons (Fsp3) is 0.650. The summed E-state index contributed by atoms with van der Waals surface area (Å²) in [7, 11) is 0. The zero-order valence-corrected chi connectivity index (χ0v) is 15.7. The second kappa shape index (κ2) is 9.67. The van der Waals surface area contributed by atoms with E-state index in [1.54, 1.807) is 0 Å². The van der Waals surface area contributed by atoms with Crippen LogP contribution in [0.4, 0.5) is 0 Å². The topological polar surface area (TPSA) is 36.9 Å². The van der Waals surface area contributed by atoms with Crippen LogP contribution in [0.2, 0.25) is 0 Å². The molecule has 2 heterocycles. The molecular weight excluding hydrogens is 298 g/mol. The predicted octanol–water partition coefficient (Wildman–Crippen LogP) is 3.70. The molecule has 24 heavy (non-hydrogen) atoms. The van der Waals surface area contributed by atoms with E-state index < -0.39 is 0 Å². The molecule has 1 saturated heterocycles. The number of hydrogen-bond acceptors (Lipinski definition) is 4. The van der Waals surface area contributed by atoms with Crippen LogP contribution in [-0.4, -0.2) is 49.1 Å². The minimum absolute atomic E-state index is 0.191. The van der Waals surface area contributed by atoms with Crippen molar-refractivity contribution in [1.29, 1.82) is 0 Å². The average Bonchev–Trinajstić information content (AvgIpc) is 2.81. The number of aliphatic imine (C=N–C) groups is 1. The molecule has 0 saturated carbocycles. The maximum absolute atomic E-state index is 6.37. The van der Waals surface area contributed by atoms with E-state index in [0.717, 1.165) is 62.6 Å². The number of rotatable bonds is 3. The lowest BCUT2D eigenvalue weighted by molar-refractivity contribution is 0.161. The Morgan fingerprint density at radius 2 is 1.88 bits per heavy atom. The summed E-state index contributed by atoms with van der Waals surface area (Å²) in [5.74, 6) is 2.12. The Hall–Kier alpha value is -1.55. The van der Waals surface area contributed by atoms with Gasteiger partial charge in [0.15, 0.2) is 0 Å². The summed E-state index contributed by atoms with van der Waals surface area (Å²) in [6, 6.07) is 8.63. The van der Waals surface area contributed by atoms with Gasteiger partial charge in [-0.25, -0.2) is 0 Å². The Morgan fingerprint density at radius 1 is 1.17 bits per heavy atom. The molecule has 0 aliphatic carbocycles. The molecule has 134 valence electrons. The Bertz CT molecular complexity index is 523. The fourth-order valence-electron chi connectivity index (χ4n) is 3.32. The molecule has 0 radical (unpaired) electrons. The molecule has 0 aromatic heterocycles. The molecule has 0 spiro atoms. The van der Waals surface area contributed by atoms with E-state index in [2.05, 4.69) is 48.3 Å². The SMILES string of the molecule is CC.CCCC1Oc2ccccc2C(N2CCNCC2)=NC1CC. The van der Waals surface area contributed by atoms with E-state index in [4.69, 9.17) is 9.73 Å². The van der Waals surface area contributed by atoms with E-state index in [1.165, 1.54) is 0 Å². The maximum atomic E-state index is 6.37. The first-order valence-corrected chi connectivity index (χ1v) is 9.63. The molecule has 3 rings (SSSR count). The number of ether oxygens (including phenoxy) is 1. The molecule has 4 heteroatoms. The smallest absolute Gasteiger partial charge is 0.135 e. The second-order valence-corrected chi connectivity index (χ2v) is 6.11. The molecule has 1 N–H and O–H groups in total. The van der Waals surface area contributed by atoms with Crippen LogP contribution in [-0.2, 0) is 0 Å². The van der Waals surface area contributed by atoms with Gasteiger partial charge in [0, 0.05) is 26.2 Å². The third-order valence-electron chi connectivity index (χ3n) is 4.53. The van der Waals surface area contributed by atoms with Gasteiger partial charge < -0.3 is 15.0 Å². The minimum Gasteiger partial charge on any atom is -0.487 e. The first-order chi connectivity index (χ1) is 11.8. The summed E-state index contributed by atoms with van der Waals surface area (Å²) in [5, 5.41) is 3.42. The van der Waals surface area contributed by atoms with Crippen molar-refractivity contribution in [2.45, 2.75) is 59.1 Å². The van der Waals surface area contributed by atoms with Crippen molar-refractivity contribution < 1.29 is 4.74 Å². The van der Waals surface area contributed by atoms with E-state index in [9.17, 15) is 0 Å². The van der Waals surface area contributed by atoms with Gasteiger partial charge in [0.05, 0.1) is 11.6 Å². The molecule has 1 aromatic carbocycles. The summed E-state index contributed by atoms with van der Waals surface area (Å²) >= 11 is 0. The molecular formula is C20H33N3O. The lowest BCUT2D eigenvalue weighted by Gasteiger charge is -2.31. The fourth-order valence-corrected chi connectivity index (χ4v) is 3.32. The third-order valence-corrected chi connectivity index (χ3v) is 4.53. The monoisotopic (exact) mass is 331 g/mol. The Kier molecular flexibility index (Phi) is 7.57. The largest absolute Gasteiger partial charge is 0.487 e. The summed E-state index contributed by atoms with van der Waals surface area (Å²) in [6.07, 6.45) is 3.40. The quantitative estimate of drug-likeness (QED) is 0.917. The van der Waals surface area contributed by atoms with Gasteiger partial charge in [0.2, 0.25) is 0 Å². The van der Waals surface area contributed by atoms with Crippen molar-refractivity contribution in [2.24, 2.45) is 4.99 Å². The van der Waals surface area contributed by atoms with Gasteiger partial charge in [-0.2, -0.15) is 0 Å². The van der Waals surface area contributed by atoms with Crippen LogP contribution in [0.25, 0.3) is 0 Å². The Morgan fingerprint density at radius 3 is 2.54 bits per heavy atom. The molecule has 2 aliphatic rings. The summed E-state index contributed by atoms with van der Waals surface area (Å²) < 4.78 is 6.37. The average molecular weight is 332 g/mol. The van der Waals surface area contributed by atoms with Crippen LogP contribution in [0, 0.1) is 0 Å². The van der Waals surface area contributed by atoms with Crippen molar-refractivity contribution in [3.05, 3.63) is 29.8 Å². The molecule has 1 fully saturated rings. The van der Waals surface area contributed by atoms with E-state index in [-0.39, 0.29) is 12.1 Å². The van der Waals surface area contributed by atoms with Gasteiger partial charge in [0.1, 0.15) is 17.7 Å². The van der Waals surface area contributed by atoms with E-state index >= 15 is 0 Å². The summed E-state index contributed by atoms with van der Waals surface area (Å²) in [5.41, 5.74) is 1.15. The lowest BCUT2D eigenvalue weighted by Crippen LogP contribution is -2.47. The van der Waals surface area contributed by atoms with Gasteiger partial charge >= 0.3 is 0 Å². The first-order valence-electron chi connectivity index (χ1n) is 9.63. The van der Waals surface area contributed by atoms with Crippen LogP contribution in [0.3, 0.4) is 0 Å².